The Morgan fingerprint density at radius 2 is 2.47 bits per heavy atom. The minimum Gasteiger partial charge on any atom is -0.350 e. The first kappa shape index (κ1) is 10.2. The van der Waals surface area contributed by atoms with Crippen molar-refractivity contribution in [3.63, 3.8) is 0 Å². The highest BCUT2D eigenvalue weighted by atomic mass is 16.1. The average molecular weight is 207 g/mol. The Morgan fingerprint density at radius 3 is 3.00 bits per heavy atom. The van der Waals surface area contributed by atoms with Crippen LogP contribution in [0.25, 0.3) is 0 Å². The van der Waals surface area contributed by atoms with Crippen LogP contribution in [0.3, 0.4) is 0 Å². The van der Waals surface area contributed by atoms with Gasteiger partial charge in [0, 0.05) is 19.3 Å². The number of amides is 1. The molecule has 1 fully saturated rings. The van der Waals surface area contributed by atoms with Crippen molar-refractivity contribution in [2.45, 2.75) is 32.7 Å². The summed E-state index contributed by atoms with van der Waals surface area (Å²) >= 11 is 0. The predicted molar refractivity (Wildman–Crippen MR) is 57.6 cm³/mol. The van der Waals surface area contributed by atoms with Crippen molar-refractivity contribution >= 4 is 5.91 Å². The summed E-state index contributed by atoms with van der Waals surface area (Å²) in [7, 11) is 0. The lowest BCUT2D eigenvalue weighted by molar-refractivity contribution is 0.0933. The summed E-state index contributed by atoms with van der Waals surface area (Å²) in [5, 5.41) is 7.08. The Bertz CT molecular complexity index is 341. The molecule has 0 bridgehead atoms. The van der Waals surface area contributed by atoms with Crippen LogP contribution in [0.15, 0.2) is 12.3 Å². The van der Waals surface area contributed by atoms with Crippen molar-refractivity contribution < 1.29 is 4.79 Å². The van der Waals surface area contributed by atoms with Gasteiger partial charge in [-0.05, 0) is 31.7 Å². The molecule has 1 aliphatic rings. The first-order valence-corrected chi connectivity index (χ1v) is 5.61. The molecule has 0 unspecified atom stereocenters. The molecule has 1 amide bonds. The maximum atomic E-state index is 11.6. The number of aromatic nitrogens is 2. The van der Waals surface area contributed by atoms with Gasteiger partial charge in [-0.25, -0.2) is 0 Å². The fourth-order valence-corrected chi connectivity index (χ4v) is 1.68. The number of carbonyl (C=O) groups is 1. The molecule has 1 aromatic heterocycles. The first-order valence-electron chi connectivity index (χ1n) is 5.61. The maximum Gasteiger partial charge on any atom is 0.271 e. The van der Waals surface area contributed by atoms with Gasteiger partial charge in [-0.15, -0.1) is 0 Å². The smallest absolute Gasteiger partial charge is 0.271 e. The van der Waals surface area contributed by atoms with Crippen LogP contribution in [0.2, 0.25) is 0 Å². The zero-order chi connectivity index (χ0) is 10.7. The number of aryl methyl sites for hydroxylation is 1. The fourth-order valence-electron chi connectivity index (χ4n) is 1.68. The molecule has 15 heavy (non-hydrogen) atoms. The van der Waals surface area contributed by atoms with Gasteiger partial charge in [0.2, 0.25) is 0 Å². The zero-order valence-corrected chi connectivity index (χ0v) is 9.07. The molecule has 0 radical (unpaired) electrons. The van der Waals surface area contributed by atoms with E-state index in [0.717, 1.165) is 13.1 Å². The van der Waals surface area contributed by atoms with Crippen LogP contribution >= 0.6 is 0 Å². The quantitative estimate of drug-likeness (QED) is 0.812. The highest BCUT2D eigenvalue weighted by Crippen LogP contribution is 2.25. The fraction of sp³-hybridized carbons (Fsp3) is 0.636. The van der Waals surface area contributed by atoms with Crippen molar-refractivity contribution in [3.05, 3.63) is 18.0 Å². The van der Waals surface area contributed by atoms with Crippen molar-refractivity contribution in [1.29, 1.82) is 0 Å². The molecule has 4 nitrogen and oxygen atoms in total. The molecule has 0 saturated heterocycles. The van der Waals surface area contributed by atoms with Crippen LogP contribution in [-0.2, 0) is 6.54 Å². The third kappa shape index (κ3) is 2.37. The van der Waals surface area contributed by atoms with Crippen molar-refractivity contribution in [3.8, 4) is 0 Å². The Hall–Kier alpha value is -1.32. The number of carbonyl (C=O) groups excluding carboxylic acids is 1. The van der Waals surface area contributed by atoms with Gasteiger partial charge in [-0.1, -0.05) is 6.42 Å². The second-order valence-corrected chi connectivity index (χ2v) is 4.06. The van der Waals surface area contributed by atoms with E-state index in [0.29, 0.717) is 11.6 Å². The number of nitrogens with zero attached hydrogens (tertiary/aromatic N) is 2. The van der Waals surface area contributed by atoms with Crippen LogP contribution in [-0.4, -0.2) is 22.2 Å². The Labute approximate surface area is 89.7 Å². The van der Waals surface area contributed by atoms with Crippen LogP contribution in [0.1, 0.15) is 36.7 Å². The SMILES string of the molecule is CCn1ccc(C(=O)NCC2CCC2)n1. The van der Waals surface area contributed by atoms with E-state index in [1.54, 1.807) is 10.7 Å². The van der Waals surface area contributed by atoms with Gasteiger partial charge < -0.3 is 5.32 Å². The third-order valence-corrected chi connectivity index (χ3v) is 2.97. The third-order valence-electron chi connectivity index (χ3n) is 2.97. The highest BCUT2D eigenvalue weighted by molar-refractivity contribution is 5.92. The summed E-state index contributed by atoms with van der Waals surface area (Å²) in [5.41, 5.74) is 0.524. The monoisotopic (exact) mass is 207 g/mol. The molecule has 82 valence electrons. The summed E-state index contributed by atoms with van der Waals surface area (Å²) in [5.74, 6) is 0.649. The number of nitrogens with one attached hydrogen (secondary N) is 1. The maximum absolute atomic E-state index is 11.6. The van der Waals surface area contributed by atoms with E-state index in [1.165, 1.54) is 19.3 Å². The molecule has 1 heterocycles. The minimum atomic E-state index is -0.0471. The lowest BCUT2D eigenvalue weighted by atomic mass is 9.85. The van der Waals surface area contributed by atoms with Gasteiger partial charge in [-0.2, -0.15) is 5.10 Å². The highest BCUT2D eigenvalue weighted by Gasteiger charge is 2.18. The normalized spacial score (nSPS) is 16.1. The number of rotatable bonds is 4. The first-order chi connectivity index (χ1) is 7.29. The second kappa shape index (κ2) is 4.47. The van der Waals surface area contributed by atoms with Gasteiger partial charge in [0.25, 0.3) is 5.91 Å². The molecule has 0 atom stereocenters. The molecule has 0 spiro atoms. The van der Waals surface area contributed by atoms with E-state index in [-0.39, 0.29) is 5.91 Å². The topological polar surface area (TPSA) is 46.9 Å². The van der Waals surface area contributed by atoms with Crippen LogP contribution in [0.5, 0.6) is 0 Å². The van der Waals surface area contributed by atoms with E-state index in [4.69, 9.17) is 0 Å². The molecule has 1 N–H and O–H groups in total. The molecule has 1 aromatic rings. The van der Waals surface area contributed by atoms with Crippen molar-refractivity contribution in [2.75, 3.05) is 6.54 Å². The molecule has 1 saturated carbocycles. The lowest BCUT2D eigenvalue weighted by Crippen LogP contribution is -2.32. The molecule has 2 rings (SSSR count). The molecular weight excluding hydrogens is 190 g/mol. The Morgan fingerprint density at radius 1 is 1.67 bits per heavy atom. The van der Waals surface area contributed by atoms with E-state index in [9.17, 15) is 4.79 Å². The zero-order valence-electron chi connectivity index (χ0n) is 9.07. The molecular formula is C11H17N3O. The van der Waals surface area contributed by atoms with Crippen LogP contribution in [0.4, 0.5) is 0 Å². The lowest BCUT2D eigenvalue weighted by Gasteiger charge is -2.25. The van der Waals surface area contributed by atoms with Gasteiger partial charge in [0.05, 0.1) is 0 Å². The average Bonchev–Trinajstić information content (AvgIpc) is 2.63. The van der Waals surface area contributed by atoms with Gasteiger partial charge in [0.15, 0.2) is 0 Å². The van der Waals surface area contributed by atoms with Crippen LogP contribution < -0.4 is 5.32 Å². The number of hydrogen-bond donors (Lipinski definition) is 1. The van der Waals surface area contributed by atoms with E-state index < -0.39 is 0 Å². The standard InChI is InChI=1S/C11H17N3O/c1-2-14-7-6-10(13-14)11(15)12-8-9-4-3-5-9/h6-7,9H,2-5,8H2,1H3,(H,12,15). The predicted octanol–water partition coefficient (Wildman–Crippen LogP) is 1.43. The number of hydrogen-bond acceptors (Lipinski definition) is 2. The summed E-state index contributed by atoms with van der Waals surface area (Å²) < 4.78 is 1.76. The van der Waals surface area contributed by atoms with E-state index in [2.05, 4.69) is 10.4 Å². The van der Waals surface area contributed by atoms with Crippen molar-refractivity contribution in [1.82, 2.24) is 15.1 Å². The van der Waals surface area contributed by atoms with Gasteiger partial charge in [0.1, 0.15) is 5.69 Å². The van der Waals surface area contributed by atoms with Gasteiger partial charge >= 0.3 is 0 Å². The van der Waals surface area contributed by atoms with E-state index in [1.807, 2.05) is 13.1 Å². The largest absolute Gasteiger partial charge is 0.350 e. The summed E-state index contributed by atoms with van der Waals surface area (Å²) in [4.78, 5) is 11.6. The molecule has 1 aliphatic carbocycles. The van der Waals surface area contributed by atoms with E-state index >= 15 is 0 Å². The summed E-state index contributed by atoms with van der Waals surface area (Å²) in [6, 6.07) is 1.76. The molecule has 0 aromatic carbocycles. The van der Waals surface area contributed by atoms with Crippen LogP contribution in [0, 0.1) is 5.92 Å². The summed E-state index contributed by atoms with van der Waals surface area (Å²) in [6.07, 6.45) is 5.65. The molecule has 4 heteroatoms. The Balaban J connectivity index is 1.83. The second-order valence-electron chi connectivity index (χ2n) is 4.06. The summed E-state index contributed by atoms with van der Waals surface area (Å²) in [6.45, 7) is 3.61. The minimum absolute atomic E-state index is 0.0471. The van der Waals surface area contributed by atoms with Crippen molar-refractivity contribution in [2.24, 2.45) is 5.92 Å². The Kier molecular flexibility index (Phi) is 3.04. The molecule has 0 aliphatic heterocycles. The van der Waals surface area contributed by atoms with Gasteiger partial charge in [-0.3, -0.25) is 9.48 Å².